The molecule has 0 spiro atoms. The number of carbonyl (C=O) groups is 1. The number of aromatic nitrogens is 4. The van der Waals surface area contributed by atoms with Crippen molar-refractivity contribution in [2.24, 2.45) is 7.05 Å². The van der Waals surface area contributed by atoms with E-state index >= 15 is 0 Å². The third kappa shape index (κ3) is 4.37. The summed E-state index contributed by atoms with van der Waals surface area (Å²) in [4.78, 5) is 21.3. The minimum absolute atomic E-state index is 0.277. The molecule has 29 heavy (non-hydrogen) atoms. The van der Waals surface area contributed by atoms with E-state index in [1.165, 1.54) is 6.20 Å². The third-order valence-corrected chi connectivity index (χ3v) is 4.72. The summed E-state index contributed by atoms with van der Waals surface area (Å²) in [6, 6.07) is 7.43. The van der Waals surface area contributed by atoms with Gasteiger partial charge in [-0.15, -0.1) is 0 Å². The molecule has 1 N–H and O–H groups in total. The van der Waals surface area contributed by atoms with Gasteiger partial charge < -0.3 is 14.8 Å². The molecule has 2 heterocycles. The normalized spacial score (nSPS) is 10.7. The number of hydrogen-bond acceptors (Lipinski definition) is 7. The van der Waals surface area contributed by atoms with Crippen molar-refractivity contribution >= 4 is 11.8 Å². The number of nitrogens with one attached hydrogen (secondary N) is 1. The van der Waals surface area contributed by atoms with Crippen molar-refractivity contribution in [3.05, 3.63) is 53.0 Å². The molecule has 3 aromatic rings. The van der Waals surface area contributed by atoms with Crippen LogP contribution >= 0.6 is 0 Å². The molecule has 0 bridgehead atoms. The lowest BCUT2D eigenvalue weighted by molar-refractivity contribution is 0.0526. The van der Waals surface area contributed by atoms with Crippen LogP contribution in [-0.4, -0.2) is 39.4 Å². The molecule has 0 aliphatic heterocycles. The van der Waals surface area contributed by atoms with Crippen LogP contribution in [0.25, 0.3) is 11.4 Å². The van der Waals surface area contributed by atoms with E-state index in [-0.39, 0.29) is 6.61 Å². The fourth-order valence-corrected chi connectivity index (χ4v) is 3.00. The predicted molar refractivity (Wildman–Crippen MR) is 110 cm³/mol. The molecule has 3 rings (SSSR count). The summed E-state index contributed by atoms with van der Waals surface area (Å²) in [6.45, 7) is 6.49. The zero-order chi connectivity index (χ0) is 21.0. The van der Waals surface area contributed by atoms with Gasteiger partial charge in [0.05, 0.1) is 19.4 Å². The van der Waals surface area contributed by atoms with Crippen LogP contribution in [0.15, 0.2) is 30.5 Å². The lowest BCUT2D eigenvalue weighted by atomic mass is 10.2. The first-order chi connectivity index (χ1) is 13.9. The Labute approximate surface area is 169 Å². The Morgan fingerprint density at radius 1 is 1.21 bits per heavy atom. The largest absolute Gasteiger partial charge is 0.497 e. The SMILES string of the molecule is CCOC(=O)c1cnc(-c2ccc(OC)cc2)nc1NCc1c(C)nn(C)c1C. The average Bonchev–Trinajstić information content (AvgIpc) is 2.97. The number of esters is 1. The molecular formula is C21H25N5O3. The van der Waals surface area contributed by atoms with Crippen molar-refractivity contribution in [3.63, 3.8) is 0 Å². The number of hydrogen-bond donors (Lipinski definition) is 1. The van der Waals surface area contributed by atoms with E-state index < -0.39 is 5.97 Å². The van der Waals surface area contributed by atoms with Crippen LogP contribution in [0, 0.1) is 13.8 Å². The number of rotatable bonds is 7. The Bertz CT molecular complexity index is 1010. The van der Waals surface area contributed by atoms with Gasteiger partial charge in [-0.2, -0.15) is 5.10 Å². The Balaban J connectivity index is 1.95. The van der Waals surface area contributed by atoms with Crippen LogP contribution in [0.4, 0.5) is 5.82 Å². The van der Waals surface area contributed by atoms with Gasteiger partial charge in [0, 0.05) is 36.6 Å². The molecule has 0 radical (unpaired) electrons. The maximum Gasteiger partial charge on any atom is 0.343 e. The molecule has 0 amide bonds. The highest BCUT2D eigenvalue weighted by atomic mass is 16.5. The van der Waals surface area contributed by atoms with E-state index in [4.69, 9.17) is 9.47 Å². The van der Waals surface area contributed by atoms with E-state index in [1.54, 1.807) is 14.0 Å². The molecule has 152 valence electrons. The molecule has 1 aromatic carbocycles. The molecular weight excluding hydrogens is 370 g/mol. The second kappa shape index (κ2) is 8.72. The van der Waals surface area contributed by atoms with Gasteiger partial charge >= 0.3 is 5.97 Å². The van der Waals surface area contributed by atoms with Crippen molar-refractivity contribution in [2.75, 3.05) is 19.0 Å². The van der Waals surface area contributed by atoms with Gasteiger partial charge in [0.15, 0.2) is 5.82 Å². The molecule has 0 saturated carbocycles. The predicted octanol–water partition coefficient (Wildman–Crippen LogP) is 3.29. The summed E-state index contributed by atoms with van der Waals surface area (Å²) >= 11 is 0. The summed E-state index contributed by atoms with van der Waals surface area (Å²) in [6.07, 6.45) is 1.50. The summed E-state index contributed by atoms with van der Waals surface area (Å²) in [7, 11) is 3.52. The van der Waals surface area contributed by atoms with E-state index in [1.807, 2.05) is 49.8 Å². The van der Waals surface area contributed by atoms with Crippen molar-refractivity contribution < 1.29 is 14.3 Å². The van der Waals surface area contributed by atoms with Crippen LogP contribution in [0.1, 0.15) is 34.2 Å². The van der Waals surface area contributed by atoms with E-state index in [0.717, 1.165) is 28.3 Å². The third-order valence-electron chi connectivity index (χ3n) is 4.72. The van der Waals surface area contributed by atoms with Crippen molar-refractivity contribution in [1.82, 2.24) is 19.7 Å². The highest BCUT2D eigenvalue weighted by Gasteiger charge is 2.18. The number of nitrogens with zero attached hydrogens (tertiary/aromatic N) is 4. The smallest absolute Gasteiger partial charge is 0.343 e. The van der Waals surface area contributed by atoms with Gasteiger partial charge in [-0.05, 0) is 45.0 Å². The summed E-state index contributed by atoms with van der Waals surface area (Å²) in [5.41, 5.74) is 4.16. The molecule has 0 saturated heterocycles. The van der Waals surface area contributed by atoms with E-state index in [2.05, 4.69) is 20.4 Å². The molecule has 0 aliphatic carbocycles. The van der Waals surface area contributed by atoms with Crippen LogP contribution in [0.3, 0.4) is 0 Å². The minimum atomic E-state index is -0.462. The molecule has 0 aliphatic rings. The minimum Gasteiger partial charge on any atom is -0.497 e. The van der Waals surface area contributed by atoms with Crippen LogP contribution in [-0.2, 0) is 18.3 Å². The van der Waals surface area contributed by atoms with Gasteiger partial charge in [-0.3, -0.25) is 4.68 Å². The fraction of sp³-hybridized carbons (Fsp3) is 0.333. The van der Waals surface area contributed by atoms with Crippen molar-refractivity contribution in [2.45, 2.75) is 27.3 Å². The topological polar surface area (TPSA) is 91.2 Å². The number of benzene rings is 1. The zero-order valence-corrected chi connectivity index (χ0v) is 17.3. The lowest BCUT2D eigenvalue weighted by Crippen LogP contribution is -2.13. The number of anilines is 1. The molecule has 8 nitrogen and oxygen atoms in total. The molecule has 8 heteroatoms. The summed E-state index contributed by atoms with van der Waals surface area (Å²) in [5, 5.41) is 7.70. The van der Waals surface area contributed by atoms with E-state index in [0.29, 0.717) is 23.8 Å². The monoisotopic (exact) mass is 395 g/mol. The van der Waals surface area contributed by atoms with Gasteiger partial charge in [-0.25, -0.2) is 14.8 Å². The Kier molecular flexibility index (Phi) is 6.11. The molecule has 2 aromatic heterocycles. The van der Waals surface area contributed by atoms with Gasteiger partial charge in [0.25, 0.3) is 0 Å². The maximum atomic E-state index is 12.4. The summed E-state index contributed by atoms with van der Waals surface area (Å²) < 4.78 is 12.2. The number of ether oxygens (including phenoxy) is 2. The second-order valence-corrected chi connectivity index (χ2v) is 6.53. The number of carbonyl (C=O) groups excluding carboxylic acids is 1. The van der Waals surface area contributed by atoms with E-state index in [9.17, 15) is 4.79 Å². The summed E-state index contributed by atoms with van der Waals surface area (Å²) in [5.74, 6) is 1.21. The highest BCUT2D eigenvalue weighted by molar-refractivity contribution is 5.94. The first-order valence-electron chi connectivity index (χ1n) is 9.36. The van der Waals surface area contributed by atoms with Crippen molar-refractivity contribution in [1.29, 1.82) is 0 Å². The number of aryl methyl sites for hydroxylation is 2. The average molecular weight is 395 g/mol. The van der Waals surface area contributed by atoms with Crippen LogP contribution in [0.5, 0.6) is 5.75 Å². The molecule has 0 atom stereocenters. The van der Waals surface area contributed by atoms with Crippen LogP contribution in [0.2, 0.25) is 0 Å². The first kappa shape index (κ1) is 20.3. The lowest BCUT2D eigenvalue weighted by Gasteiger charge is -2.12. The molecule has 0 unspecified atom stereocenters. The van der Waals surface area contributed by atoms with Crippen molar-refractivity contribution in [3.8, 4) is 17.1 Å². The van der Waals surface area contributed by atoms with Gasteiger partial charge in [0.2, 0.25) is 0 Å². The highest BCUT2D eigenvalue weighted by Crippen LogP contribution is 2.23. The molecule has 0 fully saturated rings. The van der Waals surface area contributed by atoms with Crippen LogP contribution < -0.4 is 10.1 Å². The zero-order valence-electron chi connectivity index (χ0n) is 17.3. The Hall–Kier alpha value is -3.42. The standard InChI is InChI=1S/C21H25N5O3/c1-6-29-21(27)18-12-22-19(15-7-9-16(28-5)10-8-15)24-20(18)23-11-17-13(2)25-26(4)14(17)3/h7-10,12H,6,11H2,1-5H3,(H,22,23,24). The quantitative estimate of drug-likeness (QED) is 0.614. The fourth-order valence-electron chi connectivity index (χ4n) is 3.00. The number of methoxy groups -OCH3 is 1. The maximum absolute atomic E-state index is 12.4. The van der Waals surface area contributed by atoms with Gasteiger partial charge in [0.1, 0.15) is 17.1 Å². The second-order valence-electron chi connectivity index (χ2n) is 6.53. The Morgan fingerprint density at radius 2 is 1.93 bits per heavy atom. The first-order valence-corrected chi connectivity index (χ1v) is 9.36. The Morgan fingerprint density at radius 3 is 2.52 bits per heavy atom. The van der Waals surface area contributed by atoms with Gasteiger partial charge in [-0.1, -0.05) is 0 Å².